The number of ether oxygens (including phenoxy) is 3. The number of carbonyl (C=O) groups is 1. The first-order valence-electron chi connectivity index (χ1n) is 9.12. The molecular weight excluding hydrogens is 455 g/mol. The molecule has 0 heterocycles. The Labute approximate surface area is 175 Å². The lowest BCUT2D eigenvalue weighted by atomic mass is 9.92. The summed E-state index contributed by atoms with van der Waals surface area (Å²) in [5.74, 6) is 0.416. The Balaban J connectivity index is 1.93. The van der Waals surface area contributed by atoms with Crippen molar-refractivity contribution in [2.24, 2.45) is 5.41 Å². The van der Waals surface area contributed by atoms with E-state index in [9.17, 15) is 4.79 Å². The lowest BCUT2D eigenvalue weighted by molar-refractivity contribution is -0.0520. The van der Waals surface area contributed by atoms with E-state index in [4.69, 9.17) is 14.2 Å². The van der Waals surface area contributed by atoms with Crippen molar-refractivity contribution in [3.05, 3.63) is 63.7 Å². The largest absolute Gasteiger partial charge is 0.491 e. The van der Waals surface area contributed by atoms with Gasteiger partial charge in [0, 0.05) is 3.57 Å². The van der Waals surface area contributed by atoms with E-state index in [1.54, 1.807) is 12.1 Å². The molecular formula is C22H27IO4. The number of rotatable bonds is 10. The zero-order valence-electron chi connectivity index (χ0n) is 16.1. The van der Waals surface area contributed by atoms with Gasteiger partial charge in [0.1, 0.15) is 25.1 Å². The van der Waals surface area contributed by atoms with Crippen LogP contribution in [0.3, 0.4) is 0 Å². The van der Waals surface area contributed by atoms with Crippen molar-refractivity contribution in [3.63, 3.8) is 0 Å². The minimum absolute atomic E-state index is 0.0606. The summed E-state index contributed by atoms with van der Waals surface area (Å²) in [6.45, 7) is 7.49. The van der Waals surface area contributed by atoms with Gasteiger partial charge in [0.05, 0.1) is 12.2 Å². The molecule has 2 aromatic rings. The average molecular weight is 482 g/mol. The third-order valence-electron chi connectivity index (χ3n) is 4.33. The summed E-state index contributed by atoms with van der Waals surface area (Å²) >= 11 is 2.20. The van der Waals surface area contributed by atoms with Gasteiger partial charge in [0.15, 0.2) is 0 Å². The molecule has 2 aromatic carbocycles. The Kier molecular flexibility index (Phi) is 8.57. The minimum Gasteiger partial charge on any atom is -0.491 e. The van der Waals surface area contributed by atoms with Gasteiger partial charge in [-0.15, -0.1) is 0 Å². The van der Waals surface area contributed by atoms with Gasteiger partial charge in [-0.05, 0) is 70.8 Å². The molecule has 0 aliphatic heterocycles. The summed E-state index contributed by atoms with van der Waals surface area (Å²) in [7, 11) is 0. The molecule has 27 heavy (non-hydrogen) atoms. The fourth-order valence-electron chi connectivity index (χ4n) is 2.13. The van der Waals surface area contributed by atoms with E-state index in [1.165, 1.54) is 0 Å². The number of benzene rings is 2. The van der Waals surface area contributed by atoms with Gasteiger partial charge in [-0.1, -0.05) is 39.0 Å². The minimum atomic E-state index is -0.352. The number of halogens is 1. The standard InChI is InChI=1S/C22H27IO4/c1-4-22(2,3)16-27-20(14-25-19-8-6-5-7-9-19)15-26-21(24)17-10-12-18(23)13-11-17/h5-13,20H,4,14-16H2,1-3H3. The Hall–Kier alpha value is -1.60. The van der Waals surface area contributed by atoms with Crippen LogP contribution in [0.25, 0.3) is 0 Å². The van der Waals surface area contributed by atoms with Crippen LogP contribution in [0.5, 0.6) is 5.75 Å². The van der Waals surface area contributed by atoms with Crippen molar-refractivity contribution in [2.75, 3.05) is 19.8 Å². The molecule has 0 amide bonds. The van der Waals surface area contributed by atoms with Crippen molar-refractivity contribution in [2.45, 2.75) is 33.3 Å². The fourth-order valence-corrected chi connectivity index (χ4v) is 2.49. The lowest BCUT2D eigenvalue weighted by Crippen LogP contribution is -2.32. The van der Waals surface area contributed by atoms with Crippen LogP contribution in [-0.4, -0.2) is 31.9 Å². The van der Waals surface area contributed by atoms with Crippen molar-refractivity contribution in [3.8, 4) is 5.75 Å². The molecule has 0 saturated heterocycles. The Bertz CT molecular complexity index is 698. The second-order valence-corrected chi connectivity index (χ2v) is 8.43. The summed E-state index contributed by atoms with van der Waals surface area (Å²) in [6.07, 6.45) is 0.672. The van der Waals surface area contributed by atoms with Crippen LogP contribution in [0, 0.1) is 8.99 Å². The van der Waals surface area contributed by atoms with Crippen LogP contribution < -0.4 is 4.74 Å². The molecule has 0 saturated carbocycles. The lowest BCUT2D eigenvalue weighted by Gasteiger charge is -2.26. The molecule has 5 heteroatoms. The zero-order chi connectivity index (χ0) is 19.7. The number of hydrogen-bond acceptors (Lipinski definition) is 4. The smallest absolute Gasteiger partial charge is 0.338 e. The number of para-hydroxylation sites is 1. The van der Waals surface area contributed by atoms with Gasteiger partial charge < -0.3 is 14.2 Å². The quantitative estimate of drug-likeness (QED) is 0.339. The number of carbonyl (C=O) groups excluding carboxylic acids is 1. The van der Waals surface area contributed by atoms with Crippen molar-refractivity contribution in [1.29, 1.82) is 0 Å². The van der Waals surface area contributed by atoms with Crippen LogP contribution in [0.4, 0.5) is 0 Å². The molecule has 0 N–H and O–H groups in total. The van der Waals surface area contributed by atoms with E-state index in [-0.39, 0.29) is 24.1 Å². The summed E-state index contributed by atoms with van der Waals surface area (Å²) < 4.78 is 18.4. The molecule has 4 nitrogen and oxygen atoms in total. The first-order chi connectivity index (χ1) is 12.9. The molecule has 0 bridgehead atoms. The fraction of sp³-hybridized carbons (Fsp3) is 0.409. The average Bonchev–Trinajstić information content (AvgIpc) is 2.68. The topological polar surface area (TPSA) is 44.8 Å². The predicted octanol–water partition coefficient (Wildman–Crippen LogP) is 5.35. The first-order valence-corrected chi connectivity index (χ1v) is 10.2. The van der Waals surface area contributed by atoms with E-state index in [0.29, 0.717) is 18.8 Å². The third-order valence-corrected chi connectivity index (χ3v) is 5.05. The Morgan fingerprint density at radius 3 is 2.33 bits per heavy atom. The maximum atomic E-state index is 12.3. The molecule has 0 aliphatic rings. The molecule has 2 rings (SSSR count). The van der Waals surface area contributed by atoms with E-state index < -0.39 is 0 Å². The maximum absolute atomic E-state index is 12.3. The second kappa shape index (κ2) is 10.7. The molecule has 146 valence electrons. The molecule has 0 aliphatic carbocycles. The zero-order valence-corrected chi connectivity index (χ0v) is 18.3. The Morgan fingerprint density at radius 1 is 1.04 bits per heavy atom. The van der Waals surface area contributed by atoms with Gasteiger partial charge in [0.25, 0.3) is 0 Å². The maximum Gasteiger partial charge on any atom is 0.338 e. The summed E-state index contributed by atoms with van der Waals surface area (Å²) in [5.41, 5.74) is 0.595. The van der Waals surface area contributed by atoms with Gasteiger partial charge in [-0.25, -0.2) is 4.79 Å². The Morgan fingerprint density at radius 2 is 1.70 bits per heavy atom. The van der Waals surface area contributed by atoms with E-state index >= 15 is 0 Å². The molecule has 0 spiro atoms. The van der Waals surface area contributed by atoms with Crippen molar-refractivity contribution < 1.29 is 19.0 Å². The number of hydrogen-bond donors (Lipinski definition) is 0. The SMILES string of the molecule is CCC(C)(C)COC(COC(=O)c1ccc(I)cc1)COc1ccccc1. The molecule has 0 radical (unpaired) electrons. The van der Waals surface area contributed by atoms with Crippen LogP contribution in [0.2, 0.25) is 0 Å². The summed E-state index contributed by atoms with van der Waals surface area (Å²) in [6, 6.07) is 16.9. The van der Waals surface area contributed by atoms with Gasteiger partial charge in [-0.2, -0.15) is 0 Å². The molecule has 1 atom stereocenters. The highest BCUT2D eigenvalue weighted by Gasteiger charge is 2.21. The predicted molar refractivity (Wildman–Crippen MR) is 115 cm³/mol. The highest BCUT2D eigenvalue weighted by Crippen LogP contribution is 2.21. The highest BCUT2D eigenvalue weighted by molar-refractivity contribution is 14.1. The van der Waals surface area contributed by atoms with Crippen molar-refractivity contribution in [1.82, 2.24) is 0 Å². The van der Waals surface area contributed by atoms with E-state index in [1.807, 2.05) is 42.5 Å². The van der Waals surface area contributed by atoms with Crippen LogP contribution in [0.1, 0.15) is 37.6 Å². The van der Waals surface area contributed by atoms with Gasteiger partial charge in [0.2, 0.25) is 0 Å². The van der Waals surface area contributed by atoms with Gasteiger partial charge in [-0.3, -0.25) is 0 Å². The van der Waals surface area contributed by atoms with Gasteiger partial charge >= 0.3 is 5.97 Å². The van der Waals surface area contributed by atoms with E-state index in [2.05, 4.69) is 43.4 Å². The monoisotopic (exact) mass is 482 g/mol. The summed E-state index contributed by atoms with van der Waals surface area (Å²) in [4.78, 5) is 12.3. The number of esters is 1. The molecule has 0 fully saturated rings. The normalized spacial score (nSPS) is 12.4. The molecule has 0 aromatic heterocycles. The second-order valence-electron chi connectivity index (χ2n) is 7.18. The molecule has 1 unspecified atom stereocenters. The van der Waals surface area contributed by atoms with E-state index in [0.717, 1.165) is 15.7 Å². The third kappa shape index (κ3) is 7.89. The van der Waals surface area contributed by atoms with Crippen molar-refractivity contribution >= 4 is 28.6 Å². The summed E-state index contributed by atoms with van der Waals surface area (Å²) in [5, 5.41) is 0. The van der Waals surface area contributed by atoms with Crippen LogP contribution >= 0.6 is 22.6 Å². The first kappa shape index (κ1) is 21.7. The van der Waals surface area contributed by atoms with Crippen LogP contribution in [-0.2, 0) is 9.47 Å². The highest BCUT2D eigenvalue weighted by atomic mass is 127. The van der Waals surface area contributed by atoms with Crippen LogP contribution in [0.15, 0.2) is 54.6 Å².